The average Bonchev–Trinajstić information content (AvgIpc) is 3.43. The summed E-state index contributed by atoms with van der Waals surface area (Å²) in [5, 5.41) is 24.2. The number of nitrogens with one attached hydrogen (secondary N) is 2. The number of aromatic hydroxyl groups is 1. The molecule has 14 heteroatoms. The summed E-state index contributed by atoms with van der Waals surface area (Å²) in [6, 6.07) is 8.53. The first-order chi connectivity index (χ1) is 19.4. The van der Waals surface area contributed by atoms with Gasteiger partial charge in [-0.15, -0.1) is 11.3 Å². The van der Waals surface area contributed by atoms with Crippen molar-refractivity contribution in [2.45, 2.75) is 51.6 Å². The van der Waals surface area contributed by atoms with Crippen molar-refractivity contribution in [3.63, 3.8) is 0 Å². The van der Waals surface area contributed by atoms with E-state index in [4.69, 9.17) is 27.1 Å². The summed E-state index contributed by atoms with van der Waals surface area (Å²) >= 11 is 1.64. The molecule has 41 heavy (non-hydrogen) atoms. The van der Waals surface area contributed by atoms with Gasteiger partial charge in [-0.3, -0.25) is 24.2 Å². The molecule has 10 N–H and O–H groups in total. The van der Waals surface area contributed by atoms with Crippen molar-refractivity contribution >= 4 is 41.0 Å². The summed E-state index contributed by atoms with van der Waals surface area (Å²) in [5.74, 6) is -1.98. The second-order valence-electron chi connectivity index (χ2n) is 9.03. The molecule has 0 unspecified atom stereocenters. The number of carboxylic acids is 1. The van der Waals surface area contributed by atoms with Crippen LogP contribution in [0.15, 0.2) is 46.8 Å². The van der Waals surface area contributed by atoms with Crippen LogP contribution in [-0.2, 0) is 32.0 Å². The molecule has 0 aliphatic carbocycles. The molecule has 1 aromatic carbocycles. The molecule has 2 rings (SSSR count). The van der Waals surface area contributed by atoms with E-state index in [0.717, 1.165) is 18.9 Å². The van der Waals surface area contributed by atoms with Gasteiger partial charge in [0.25, 0.3) is 5.97 Å². The average molecular weight is 592 g/mol. The standard InChI is InChI=1S/C25H37N7O4S.C2H4O2/c1-2-32(13-11-19-5-4-14-37-19)22(34)16-30-24(36)21(6-3-12-29-25(27)28)31-23(35)20(26)15-17-7-9-18(33)10-8-17;1-2(3)4/h4-5,7-10,14,20-21,33H,2-3,6,11-13,15-16,26H2,1H3,(H,30,36)(H,31,35)(H4,27,28,29);1H3,(H,3,4)/t20-,21+;/m0./s1. The number of benzene rings is 1. The first kappa shape index (κ1) is 34.9. The van der Waals surface area contributed by atoms with E-state index in [9.17, 15) is 19.5 Å². The topological polar surface area (TPSA) is 226 Å². The van der Waals surface area contributed by atoms with Crippen molar-refractivity contribution < 1.29 is 29.4 Å². The molecule has 0 spiro atoms. The van der Waals surface area contributed by atoms with Crippen LogP contribution in [0, 0.1) is 0 Å². The zero-order valence-corrected chi connectivity index (χ0v) is 24.2. The Hall–Kier alpha value is -4.17. The fourth-order valence-electron chi connectivity index (χ4n) is 3.59. The van der Waals surface area contributed by atoms with Crippen LogP contribution < -0.4 is 27.8 Å². The van der Waals surface area contributed by atoms with Gasteiger partial charge in [-0.25, -0.2) is 0 Å². The predicted octanol–water partition coefficient (Wildman–Crippen LogP) is 0.160. The van der Waals surface area contributed by atoms with Gasteiger partial charge in [-0.1, -0.05) is 18.2 Å². The van der Waals surface area contributed by atoms with Gasteiger partial charge < -0.3 is 42.9 Å². The number of rotatable bonds is 15. The highest BCUT2D eigenvalue weighted by molar-refractivity contribution is 7.09. The number of amides is 3. The van der Waals surface area contributed by atoms with E-state index < -0.39 is 29.9 Å². The van der Waals surface area contributed by atoms with Crippen molar-refractivity contribution in [1.29, 1.82) is 0 Å². The van der Waals surface area contributed by atoms with Gasteiger partial charge in [0, 0.05) is 31.4 Å². The lowest BCUT2D eigenvalue weighted by Crippen LogP contribution is -2.53. The molecule has 13 nitrogen and oxygen atoms in total. The fourth-order valence-corrected chi connectivity index (χ4v) is 4.28. The predicted molar refractivity (Wildman–Crippen MR) is 158 cm³/mol. The first-order valence-electron chi connectivity index (χ1n) is 13.1. The quantitative estimate of drug-likeness (QED) is 0.0849. The highest BCUT2D eigenvalue weighted by Gasteiger charge is 2.24. The van der Waals surface area contributed by atoms with Crippen molar-refractivity contribution in [2.24, 2.45) is 22.2 Å². The zero-order chi connectivity index (χ0) is 30.8. The van der Waals surface area contributed by atoms with Crippen LogP contribution >= 0.6 is 11.3 Å². The minimum atomic E-state index is -0.915. The molecular formula is C27H41N7O6S. The molecule has 0 aliphatic heterocycles. The van der Waals surface area contributed by atoms with Gasteiger partial charge in [0.2, 0.25) is 17.7 Å². The smallest absolute Gasteiger partial charge is 0.300 e. The maximum Gasteiger partial charge on any atom is 0.300 e. The lowest BCUT2D eigenvalue weighted by atomic mass is 10.0. The zero-order valence-electron chi connectivity index (χ0n) is 23.4. The summed E-state index contributed by atoms with van der Waals surface area (Å²) in [4.78, 5) is 54.2. The van der Waals surface area contributed by atoms with Crippen molar-refractivity contribution in [2.75, 3.05) is 26.2 Å². The van der Waals surface area contributed by atoms with E-state index >= 15 is 0 Å². The molecule has 0 saturated heterocycles. The third kappa shape index (κ3) is 15.3. The maximum absolute atomic E-state index is 12.9. The molecule has 3 amide bonds. The highest BCUT2D eigenvalue weighted by atomic mass is 32.1. The van der Waals surface area contributed by atoms with E-state index in [1.807, 2.05) is 24.4 Å². The van der Waals surface area contributed by atoms with E-state index in [-0.39, 0.29) is 43.5 Å². The fraction of sp³-hybridized carbons (Fsp3) is 0.444. The normalized spacial score (nSPS) is 11.7. The Labute approximate surface area is 243 Å². The van der Waals surface area contributed by atoms with Gasteiger partial charge >= 0.3 is 0 Å². The number of nitrogens with zero attached hydrogens (tertiary/aromatic N) is 2. The number of guanidine groups is 1. The van der Waals surface area contributed by atoms with Crippen LogP contribution in [0.3, 0.4) is 0 Å². The second kappa shape index (κ2) is 19.0. The van der Waals surface area contributed by atoms with Crippen molar-refractivity contribution in [1.82, 2.24) is 15.5 Å². The summed E-state index contributed by atoms with van der Waals surface area (Å²) in [5.41, 5.74) is 17.5. The lowest BCUT2D eigenvalue weighted by molar-refractivity contribution is -0.134. The van der Waals surface area contributed by atoms with Crippen LogP contribution in [0.5, 0.6) is 5.75 Å². The molecular weight excluding hydrogens is 550 g/mol. The van der Waals surface area contributed by atoms with Gasteiger partial charge in [0.15, 0.2) is 5.96 Å². The third-order valence-electron chi connectivity index (χ3n) is 5.66. The number of likely N-dealkylation sites (N-methyl/N-ethyl adjacent to an activating group) is 1. The van der Waals surface area contributed by atoms with Crippen LogP contribution in [0.4, 0.5) is 0 Å². The summed E-state index contributed by atoms with van der Waals surface area (Å²) in [6.45, 7) is 4.14. The van der Waals surface area contributed by atoms with Crippen LogP contribution in [0.2, 0.25) is 0 Å². The number of phenolic OH excluding ortho intramolecular Hbond substituents is 1. The molecule has 0 saturated carbocycles. The Morgan fingerprint density at radius 1 is 1.10 bits per heavy atom. The molecule has 2 aromatic rings. The molecule has 0 aliphatic rings. The van der Waals surface area contributed by atoms with Gasteiger partial charge in [0.05, 0.1) is 12.6 Å². The van der Waals surface area contributed by atoms with Gasteiger partial charge in [-0.05, 0) is 61.7 Å². The molecule has 0 radical (unpaired) electrons. The number of carbonyl (C=O) groups is 4. The third-order valence-corrected chi connectivity index (χ3v) is 6.60. The van der Waals surface area contributed by atoms with E-state index in [0.29, 0.717) is 19.5 Å². The molecule has 1 heterocycles. The molecule has 0 bridgehead atoms. The van der Waals surface area contributed by atoms with E-state index in [1.54, 1.807) is 28.4 Å². The number of aliphatic carboxylic acids is 1. The number of aliphatic imine (C=N–C) groups is 1. The monoisotopic (exact) mass is 591 g/mol. The van der Waals surface area contributed by atoms with Gasteiger partial charge in [-0.2, -0.15) is 0 Å². The Morgan fingerprint density at radius 2 is 1.76 bits per heavy atom. The summed E-state index contributed by atoms with van der Waals surface area (Å²) < 4.78 is 0. The largest absolute Gasteiger partial charge is 0.508 e. The number of hydrogen-bond acceptors (Lipinski definition) is 8. The molecule has 2 atom stereocenters. The number of nitrogens with two attached hydrogens (primary N) is 3. The Morgan fingerprint density at radius 3 is 2.32 bits per heavy atom. The number of carboxylic acid groups (broad SMARTS) is 1. The summed E-state index contributed by atoms with van der Waals surface area (Å²) in [6.07, 6.45) is 1.65. The van der Waals surface area contributed by atoms with Gasteiger partial charge in [0.1, 0.15) is 11.8 Å². The highest BCUT2D eigenvalue weighted by Crippen LogP contribution is 2.12. The number of thiophene rings is 1. The SMILES string of the molecule is CC(=O)O.CCN(CCc1cccs1)C(=O)CNC(=O)[C@@H](CCCN=C(N)N)NC(=O)[C@@H](N)Cc1ccc(O)cc1. The Kier molecular flexibility index (Phi) is 16.2. The van der Waals surface area contributed by atoms with Crippen LogP contribution in [0.1, 0.15) is 37.1 Å². The Bertz CT molecular complexity index is 1120. The minimum Gasteiger partial charge on any atom is -0.508 e. The van der Waals surface area contributed by atoms with Crippen LogP contribution in [0.25, 0.3) is 0 Å². The van der Waals surface area contributed by atoms with Crippen molar-refractivity contribution in [3.8, 4) is 5.75 Å². The van der Waals surface area contributed by atoms with E-state index in [2.05, 4.69) is 15.6 Å². The first-order valence-corrected chi connectivity index (χ1v) is 14.0. The second-order valence-corrected chi connectivity index (χ2v) is 10.1. The molecule has 0 fully saturated rings. The minimum absolute atomic E-state index is 0.0613. The summed E-state index contributed by atoms with van der Waals surface area (Å²) in [7, 11) is 0. The van der Waals surface area contributed by atoms with E-state index in [1.165, 1.54) is 17.0 Å². The Balaban J connectivity index is 0.00000196. The molecule has 1 aromatic heterocycles. The number of carbonyl (C=O) groups excluding carboxylic acids is 3. The lowest BCUT2D eigenvalue weighted by Gasteiger charge is -2.23. The number of phenols is 1. The van der Waals surface area contributed by atoms with Crippen molar-refractivity contribution in [3.05, 3.63) is 52.2 Å². The molecule has 226 valence electrons. The van der Waals surface area contributed by atoms with Crippen LogP contribution in [-0.4, -0.2) is 83.0 Å². The number of hydrogen-bond donors (Lipinski definition) is 7. The maximum atomic E-state index is 12.9.